The topological polar surface area (TPSA) is 58.4 Å². The van der Waals surface area contributed by atoms with Gasteiger partial charge in [0.2, 0.25) is 10.0 Å². The van der Waals surface area contributed by atoms with Gasteiger partial charge in [0.1, 0.15) is 5.82 Å². The SMILES string of the molecule is CS(=O)(=O)N1CCc2c(c(-c3ccc(C(F)(F)F)c(CCc4ccc(F)cc4)c3)nn2CCCN2CCC(C3CCCCC3)CC2)C1. The van der Waals surface area contributed by atoms with Gasteiger partial charge in [-0.05, 0) is 99.0 Å². The van der Waals surface area contributed by atoms with E-state index in [9.17, 15) is 26.0 Å². The summed E-state index contributed by atoms with van der Waals surface area (Å²) >= 11 is 0. The molecule has 0 amide bonds. The first-order valence-electron chi connectivity index (χ1n) is 17.2. The summed E-state index contributed by atoms with van der Waals surface area (Å²) in [5.74, 6) is 1.36. The highest BCUT2D eigenvalue weighted by molar-refractivity contribution is 7.88. The van der Waals surface area contributed by atoms with Crippen LogP contribution in [0, 0.1) is 17.7 Å². The van der Waals surface area contributed by atoms with Crippen LogP contribution in [-0.2, 0) is 48.6 Å². The van der Waals surface area contributed by atoms with Crippen molar-refractivity contribution >= 4 is 10.0 Å². The second kappa shape index (κ2) is 14.4. The van der Waals surface area contributed by atoms with Gasteiger partial charge < -0.3 is 4.90 Å². The minimum atomic E-state index is -4.53. The molecule has 1 saturated heterocycles. The molecule has 3 aromatic rings. The number of sulfonamides is 1. The third kappa shape index (κ3) is 8.28. The number of hydrogen-bond donors (Lipinski definition) is 0. The number of rotatable bonds is 10. The molecule has 2 fully saturated rings. The molecule has 1 aromatic heterocycles. The zero-order valence-corrected chi connectivity index (χ0v) is 28.1. The molecule has 3 aliphatic rings. The number of alkyl halides is 3. The van der Waals surface area contributed by atoms with Crippen LogP contribution >= 0.6 is 0 Å². The van der Waals surface area contributed by atoms with E-state index in [4.69, 9.17) is 5.10 Å². The van der Waals surface area contributed by atoms with Gasteiger partial charge in [0.15, 0.2) is 0 Å². The first-order chi connectivity index (χ1) is 22.5. The number of likely N-dealkylation sites (tertiary alicyclic amines) is 1. The van der Waals surface area contributed by atoms with Crippen molar-refractivity contribution < 1.29 is 26.0 Å². The van der Waals surface area contributed by atoms with Gasteiger partial charge in [0.25, 0.3) is 0 Å². The first kappa shape index (κ1) is 34.1. The molecule has 1 saturated carbocycles. The third-order valence-corrected chi connectivity index (χ3v) is 11.9. The lowest BCUT2D eigenvalue weighted by Crippen LogP contribution is -2.37. The lowest BCUT2D eigenvalue weighted by molar-refractivity contribution is -0.138. The summed E-state index contributed by atoms with van der Waals surface area (Å²) in [6.07, 6.45) is 7.95. The van der Waals surface area contributed by atoms with E-state index in [0.29, 0.717) is 37.2 Å². The number of aryl methyl sites for hydroxylation is 3. The molecule has 47 heavy (non-hydrogen) atoms. The molecule has 0 bridgehead atoms. The van der Waals surface area contributed by atoms with E-state index in [1.165, 1.54) is 73.7 Å². The number of piperidine rings is 1. The normalized spacial score (nSPS) is 19.3. The summed E-state index contributed by atoms with van der Waals surface area (Å²) in [7, 11) is -3.47. The zero-order valence-electron chi connectivity index (χ0n) is 27.2. The van der Waals surface area contributed by atoms with Crippen LogP contribution in [-0.4, -0.2) is 59.8 Å². The smallest absolute Gasteiger partial charge is 0.303 e. The molecule has 6 rings (SSSR count). The van der Waals surface area contributed by atoms with Crippen LogP contribution < -0.4 is 0 Å². The van der Waals surface area contributed by atoms with Gasteiger partial charge in [-0.2, -0.15) is 22.6 Å². The van der Waals surface area contributed by atoms with E-state index < -0.39 is 27.6 Å². The molecule has 0 radical (unpaired) electrons. The Labute approximate surface area is 276 Å². The first-order valence-corrected chi connectivity index (χ1v) is 19.0. The maximum atomic E-state index is 14.1. The fourth-order valence-corrected chi connectivity index (χ4v) is 8.80. The Hall–Kier alpha value is -2.76. The van der Waals surface area contributed by atoms with Gasteiger partial charge in [-0.15, -0.1) is 0 Å². The third-order valence-electron chi connectivity index (χ3n) is 10.6. The van der Waals surface area contributed by atoms with E-state index in [-0.39, 0.29) is 18.5 Å². The Morgan fingerprint density at radius 1 is 0.872 bits per heavy atom. The summed E-state index contributed by atoms with van der Waals surface area (Å²) in [6.45, 7) is 4.37. The maximum Gasteiger partial charge on any atom is 0.416 e. The largest absolute Gasteiger partial charge is 0.416 e. The molecule has 0 N–H and O–H groups in total. The van der Waals surface area contributed by atoms with Crippen molar-refractivity contribution in [2.45, 2.75) is 89.9 Å². The molecule has 256 valence electrons. The Bertz CT molecular complexity index is 1620. The average Bonchev–Trinajstić information content (AvgIpc) is 3.42. The monoisotopic (exact) mass is 674 g/mol. The molecule has 3 heterocycles. The van der Waals surface area contributed by atoms with Gasteiger partial charge in [-0.1, -0.05) is 50.3 Å². The van der Waals surface area contributed by atoms with Crippen molar-refractivity contribution in [2.24, 2.45) is 11.8 Å². The number of nitrogens with zero attached hydrogens (tertiary/aromatic N) is 4. The zero-order chi connectivity index (χ0) is 33.2. The Morgan fingerprint density at radius 2 is 1.57 bits per heavy atom. The number of hydrogen-bond acceptors (Lipinski definition) is 4. The molecule has 6 nitrogen and oxygen atoms in total. The Balaban J connectivity index is 1.21. The standard InChI is InChI=1S/C36H46F4N4O2S/c1-47(45,46)43-23-18-34-32(25-43)35(41-44(34)20-5-19-42-21-16-28(17-22-42)27-6-3-2-4-7-27)30-12-15-33(36(38,39)40)29(24-30)11-8-26-9-13-31(37)14-10-26/h9-10,12-15,24,27-28H,2-8,11,16-23,25H2,1H3. The van der Waals surface area contributed by atoms with Crippen LogP contribution in [0.25, 0.3) is 11.3 Å². The highest BCUT2D eigenvalue weighted by Crippen LogP contribution is 2.38. The van der Waals surface area contributed by atoms with Gasteiger partial charge in [-0.25, -0.2) is 12.8 Å². The van der Waals surface area contributed by atoms with Crippen molar-refractivity contribution in [3.8, 4) is 11.3 Å². The van der Waals surface area contributed by atoms with E-state index in [1.807, 2.05) is 4.68 Å². The minimum Gasteiger partial charge on any atom is -0.303 e. The second-order valence-corrected chi connectivity index (χ2v) is 15.8. The highest BCUT2D eigenvalue weighted by atomic mass is 32.2. The molecule has 0 atom stereocenters. The van der Waals surface area contributed by atoms with Crippen LogP contribution in [0.5, 0.6) is 0 Å². The summed E-state index contributed by atoms with van der Waals surface area (Å²) in [4.78, 5) is 2.55. The van der Waals surface area contributed by atoms with Crippen LogP contribution in [0.2, 0.25) is 0 Å². The van der Waals surface area contributed by atoms with E-state index in [0.717, 1.165) is 60.8 Å². The van der Waals surface area contributed by atoms with Gasteiger partial charge in [0.05, 0.1) is 17.5 Å². The average molecular weight is 675 g/mol. The predicted octanol–water partition coefficient (Wildman–Crippen LogP) is 7.49. The second-order valence-electron chi connectivity index (χ2n) is 13.8. The molecular weight excluding hydrogens is 628 g/mol. The molecule has 1 aliphatic carbocycles. The van der Waals surface area contributed by atoms with Crippen LogP contribution in [0.4, 0.5) is 17.6 Å². The molecule has 2 aromatic carbocycles. The van der Waals surface area contributed by atoms with E-state index >= 15 is 0 Å². The van der Waals surface area contributed by atoms with Gasteiger partial charge in [0, 0.05) is 42.9 Å². The van der Waals surface area contributed by atoms with E-state index in [1.54, 1.807) is 18.2 Å². The van der Waals surface area contributed by atoms with Crippen LogP contribution in [0.3, 0.4) is 0 Å². The van der Waals surface area contributed by atoms with Crippen molar-refractivity contribution in [1.82, 2.24) is 19.0 Å². The molecular formula is C36H46F4N4O2S. The van der Waals surface area contributed by atoms with Gasteiger partial charge in [-0.3, -0.25) is 4.68 Å². The number of halogens is 4. The Kier molecular flexibility index (Phi) is 10.4. The molecule has 0 spiro atoms. The molecule has 0 unspecified atom stereocenters. The number of aromatic nitrogens is 2. The number of benzene rings is 2. The summed E-state index contributed by atoms with van der Waals surface area (Å²) in [5, 5.41) is 4.95. The van der Waals surface area contributed by atoms with Gasteiger partial charge >= 0.3 is 6.18 Å². The van der Waals surface area contributed by atoms with Crippen LogP contribution in [0.15, 0.2) is 42.5 Å². The predicted molar refractivity (Wildman–Crippen MR) is 176 cm³/mol. The fourth-order valence-electron chi connectivity index (χ4n) is 8.02. The summed E-state index contributed by atoms with van der Waals surface area (Å²) < 4.78 is 84.1. The van der Waals surface area contributed by atoms with E-state index in [2.05, 4.69) is 4.90 Å². The Morgan fingerprint density at radius 3 is 2.26 bits per heavy atom. The van der Waals surface area contributed by atoms with Crippen LogP contribution in [0.1, 0.15) is 79.3 Å². The minimum absolute atomic E-state index is 0.115. The number of fused-ring (bicyclic) bond motifs is 1. The molecule has 2 aliphatic heterocycles. The molecule has 11 heteroatoms. The maximum absolute atomic E-state index is 14.1. The summed E-state index contributed by atoms with van der Waals surface area (Å²) in [5.41, 5.74) is 2.98. The van der Waals surface area contributed by atoms with Crippen molar-refractivity contribution in [3.63, 3.8) is 0 Å². The fraction of sp³-hybridized carbons (Fsp3) is 0.583. The summed E-state index contributed by atoms with van der Waals surface area (Å²) in [6, 6.07) is 9.90. The lowest BCUT2D eigenvalue weighted by atomic mass is 9.76. The quantitative estimate of drug-likeness (QED) is 0.209. The van der Waals surface area contributed by atoms with Crippen molar-refractivity contribution in [1.29, 1.82) is 0 Å². The highest BCUT2D eigenvalue weighted by Gasteiger charge is 2.35. The van der Waals surface area contributed by atoms with Crippen molar-refractivity contribution in [3.05, 3.63) is 76.2 Å². The van der Waals surface area contributed by atoms with Crippen molar-refractivity contribution in [2.75, 3.05) is 32.4 Å². The lowest BCUT2D eigenvalue weighted by Gasteiger charge is -2.37.